The van der Waals surface area contributed by atoms with Crippen molar-refractivity contribution >= 4 is 17.6 Å². The van der Waals surface area contributed by atoms with Crippen molar-refractivity contribution in [2.24, 2.45) is 0 Å². The lowest BCUT2D eigenvalue weighted by Gasteiger charge is -2.11. The van der Waals surface area contributed by atoms with Crippen LogP contribution in [0.4, 0.5) is 0 Å². The van der Waals surface area contributed by atoms with Crippen molar-refractivity contribution in [1.82, 2.24) is 0 Å². The number of methoxy groups -OCH3 is 1. The van der Waals surface area contributed by atoms with Gasteiger partial charge in [0.2, 0.25) is 0 Å². The van der Waals surface area contributed by atoms with Crippen molar-refractivity contribution in [3.05, 3.63) is 34.3 Å². The number of ether oxygens (including phenoxy) is 1. The van der Waals surface area contributed by atoms with E-state index in [2.05, 4.69) is 4.74 Å². The Hall–Kier alpha value is -1.06. The van der Waals surface area contributed by atoms with Crippen LogP contribution in [0.15, 0.2) is 18.2 Å². The molecule has 76 valence electrons. The third kappa shape index (κ3) is 2.05. The summed E-state index contributed by atoms with van der Waals surface area (Å²) in [5, 5.41) is 9.93. The topological polar surface area (TPSA) is 46.5 Å². The third-order valence-corrected chi connectivity index (χ3v) is 2.46. The van der Waals surface area contributed by atoms with E-state index in [-0.39, 0.29) is 0 Å². The van der Waals surface area contributed by atoms with Crippen LogP contribution in [0, 0.1) is 6.92 Å². The lowest BCUT2D eigenvalue weighted by Crippen LogP contribution is -2.14. The predicted molar refractivity (Wildman–Crippen MR) is 53.2 cm³/mol. The van der Waals surface area contributed by atoms with Crippen LogP contribution >= 0.6 is 11.6 Å². The molecule has 0 spiro atoms. The smallest absolute Gasteiger partial charge is 0.339 e. The van der Waals surface area contributed by atoms with Crippen molar-refractivity contribution in [1.29, 1.82) is 0 Å². The maximum atomic E-state index is 11.0. The number of hydrogen-bond donors (Lipinski definition) is 1. The van der Waals surface area contributed by atoms with Crippen LogP contribution in [0.2, 0.25) is 5.02 Å². The van der Waals surface area contributed by atoms with E-state index in [1.54, 1.807) is 25.1 Å². The van der Waals surface area contributed by atoms with Gasteiger partial charge in [-0.05, 0) is 12.5 Å². The number of carbonyl (C=O) groups is 1. The molecular weight excluding hydrogens is 204 g/mol. The highest BCUT2D eigenvalue weighted by Crippen LogP contribution is 2.26. The molecule has 1 aromatic carbocycles. The zero-order valence-corrected chi connectivity index (χ0v) is 8.71. The van der Waals surface area contributed by atoms with Crippen LogP contribution in [0.5, 0.6) is 0 Å². The number of aliphatic hydroxyl groups is 1. The minimum Gasteiger partial charge on any atom is -0.467 e. The van der Waals surface area contributed by atoms with Gasteiger partial charge < -0.3 is 9.84 Å². The predicted octanol–water partition coefficient (Wildman–Crippen LogP) is 1.85. The van der Waals surface area contributed by atoms with Gasteiger partial charge in [0, 0.05) is 10.6 Å². The third-order valence-electron chi connectivity index (χ3n) is 1.94. The SMILES string of the molecule is COC(=O)C(O)c1cccc(C)c1Cl. The molecule has 1 unspecified atom stereocenters. The summed E-state index contributed by atoms with van der Waals surface area (Å²) >= 11 is 5.92. The highest BCUT2D eigenvalue weighted by molar-refractivity contribution is 6.32. The van der Waals surface area contributed by atoms with E-state index in [9.17, 15) is 9.90 Å². The average Bonchev–Trinajstić information content (AvgIpc) is 2.20. The van der Waals surface area contributed by atoms with E-state index in [0.717, 1.165) is 5.56 Å². The fourth-order valence-electron chi connectivity index (χ4n) is 1.12. The van der Waals surface area contributed by atoms with Crippen LogP contribution in [-0.4, -0.2) is 18.2 Å². The molecule has 0 saturated heterocycles. The van der Waals surface area contributed by atoms with Gasteiger partial charge in [-0.15, -0.1) is 0 Å². The Morgan fingerprint density at radius 1 is 1.57 bits per heavy atom. The lowest BCUT2D eigenvalue weighted by atomic mass is 10.1. The molecule has 0 aromatic heterocycles. The van der Waals surface area contributed by atoms with Gasteiger partial charge in [-0.2, -0.15) is 0 Å². The molecule has 3 nitrogen and oxygen atoms in total. The molecule has 0 fully saturated rings. The molecule has 0 amide bonds. The summed E-state index contributed by atoms with van der Waals surface area (Å²) in [4.78, 5) is 11.0. The fraction of sp³-hybridized carbons (Fsp3) is 0.300. The van der Waals surface area contributed by atoms with E-state index < -0.39 is 12.1 Å². The molecule has 0 aliphatic heterocycles. The maximum absolute atomic E-state index is 11.0. The molecule has 0 bridgehead atoms. The standard InChI is InChI=1S/C10H11ClO3/c1-6-4-3-5-7(8(6)11)9(12)10(13)14-2/h3-5,9,12H,1-2H3. The molecule has 0 aliphatic carbocycles. The minimum atomic E-state index is -1.31. The second kappa shape index (κ2) is 4.44. The molecule has 1 atom stereocenters. The molecule has 0 radical (unpaired) electrons. The van der Waals surface area contributed by atoms with Crippen LogP contribution in [0.3, 0.4) is 0 Å². The Kier molecular flexibility index (Phi) is 3.49. The monoisotopic (exact) mass is 214 g/mol. The van der Waals surface area contributed by atoms with Crippen LogP contribution in [0.1, 0.15) is 17.2 Å². The lowest BCUT2D eigenvalue weighted by molar-refractivity contribution is -0.150. The largest absolute Gasteiger partial charge is 0.467 e. The minimum absolute atomic E-state index is 0.374. The van der Waals surface area contributed by atoms with Gasteiger partial charge in [-0.1, -0.05) is 29.8 Å². The summed E-state index contributed by atoms with van der Waals surface area (Å²) < 4.78 is 4.41. The molecule has 4 heteroatoms. The van der Waals surface area contributed by atoms with Crippen LogP contribution < -0.4 is 0 Å². The molecule has 0 heterocycles. The van der Waals surface area contributed by atoms with Gasteiger partial charge in [0.25, 0.3) is 0 Å². The van der Waals surface area contributed by atoms with Gasteiger partial charge in [-0.25, -0.2) is 4.79 Å². The Bertz CT molecular complexity index is 349. The summed E-state index contributed by atoms with van der Waals surface area (Å²) in [6.07, 6.45) is -1.31. The highest BCUT2D eigenvalue weighted by atomic mass is 35.5. The highest BCUT2D eigenvalue weighted by Gasteiger charge is 2.20. The number of halogens is 1. The first-order valence-electron chi connectivity index (χ1n) is 4.09. The molecule has 0 aliphatic rings. The van der Waals surface area contributed by atoms with Crippen molar-refractivity contribution in [3.63, 3.8) is 0 Å². The Labute approximate surface area is 87.3 Å². The summed E-state index contributed by atoms with van der Waals surface area (Å²) in [5.74, 6) is -0.711. The first kappa shape index (κ1) is 11.0. The molecule has 1 N–H and O–H groups in total. The zero-order chi connectivity index (χ0) is 10.7. The van der Waals surface area contributed by atoms with Gasteiger partial charge in [0.15, 0.2) is 6.10 Å². The summed E-state index contributed by atoms with van der Waals surface area (Å²) in [7, 11) is 1.22. The number of benzene rings is 1. The van der Waals surface area contributed by atoms with Gasteiger partial charge in [0.05, 0.1) is 7.11 Å². The Morgan fingerprint density at radius 3 is 2.79 bits per heavy atom. The van der Waals surface area contributed by atoms with E-state index in [4.69, 9.17) is 11.6 Å². The second-order valence-electron chi connectivity index (χ2n) is 2.90. The molecular formula is C10H11ClO3. The molecule has 1 rings (SSSR count). The van der Waals surface area contributed by atoms with Crippen molar-refractivity contribution in [2.45, 2.75) is 13.0 Å². The quantitative estimate of drug-likeness (QED) is 0.765. The van der Waals surface area contributed by atoms with Crippen LogP contribution in [-0.2, 0) is 9.53 Å². The van der Waals surface area contributed by atoms with E-state index in [0.29, 0.717) is 10.6 Å². The van der Waals surface area contributed by atoms with Crippen molar-refractivity contribution in [3.8, 4) is 0 Å². The van der Waals surface area contributed by atoms with E-state index >= 15 is 0 Å². The zero-order valence-electron chi connectivity index (χ0n) is 7.95. The van der Waals surface area contributed by atoms with Gasteiger partial charge in [-0.3, -0.25) is 0 Å². The summed E-state index contributed by atoms with van der Waals surface area (Å²) in [5.41, 5.74) is 1.19. The maximum Gasteiger partial charge on any atom is 0.339 e. The number of aryl methyl sites for hydroxylation is 1. The number of aliphatic hydroxyl groups excluding tert-OH is 1. The molecule has 14 heavy (non-hydrogen) atoms. The van der Waals surface area contributed by atoms with E-state index in [1.807, 2.05) is 0 Å². The van der Waals surface area contributed by atoms with Crippen molar-refractivity contribution < 1.29 is 14.6 Å². The molecule has 1 aromatic rings. The van der Waals surface area contributed by atoms with Gasteiger partial charge in [0.1, 0.15) is 0 Å². The number of carbonyl (C=O) groups excluding carboxylic acids is 1. The van der Waals surface area contributed by atoms with E-state index in [1.165, 1.54) is 7.11 Å². The van der Waals surface area contributed by atoms with Crippen molar-refractivity contribution in [2.75, 3.05) is 7.11 Å². The summed E-state index contributed by atoms with van der Waals surface area (Å²) in [6, 6.07) is 5.12. The van der Waals surface area contributed by atoms with Gasteiger partial charge >= 0.3 is 5.97 Å². The second-order valence-corrected chi connectivity index (χ2v) is 3.28. The first-order chi connectivity index (χ1) is 6.57. The molecule has 0 saturated carbocycles. The first-order valence-corrected chi connectivity index (χ1v) is 4.46. The number of rotatable bonds is 2. The average molecular weight is 215 g/mol. The number of esters is 1. The normalized spacial score (nSPS) is 12.3. The fourth-order valence-corrected chi connectivity index (χ4v) is 1.35. The van der Waals surface area contributed by atoms with Crippen LogP contribution in [0.25, 0.3) is 0 Å². The summed E-state index contributed by atoms with van der Waals surface area (Å²) in [6.45, 7) is 1.80. The Balaban J connectivity index is 3.07. The number of hydrogen-bond acceptors (Lipinski definition) is 3. The Morgan fingerprint density at radius 2 is 2.21 bits per heavy atom.